The van der Waals surface area contributed by atoms with E-state index in [1.807, 2.05) is 77.4 Å². The topological polar surface area (TPSA) is 75.6 Å². The lowest BCUT2D eigenvalue weighted by atomic mass is 9.93. The summed E-state index contributed by atoms with van der Waals surface area (Å²) < 4.78 is 17.2. The molecule has 5 rings (SSSR count). The van der Waals surface area contributed by atoms with Gasteiger partial charge in [-0.15, -0.1) is 12.4 Å². The highest BCUT2D eigenvalue weighted by molar-refractivity contribution is 6.30. The average Bonchev–Trinajstić information content (AvgIpc) is 3.40. The Morgan fingerprint density at radius 1 is 0.929 bits per heavy atom. The number of urea groups is 1. The SMILES string of the molecule is CCOCc1cc(C2=N[C@H](c3ccc(Cl)cc3)[C@H](c3ccc(Cl)cc3)N2C(=O)N2CCNCC2)c(OC)cc1OC.Cl. The Labute approximate surface area is 263 Å². The van der Waals surface area contributed by atoms with Gasteiger partial charge in [0.25, 0.3) is 0 Å². The van der Waals surface area contributed by atoms with Crippen LogP contribution in [-0.4, -0.2) is 68.7 Å². The van der Waals surface area contributed by atoms with Crippen molar-refractivity contribution in [2.45, 2.75) is 25.6 Å². The first-order valence-corrected chi connectivity index (χ1v) is 14.4. The molecular formula is C31H35Cl3N4O4. The van der Waals surface area contributed by atoms with E-state index in [1.54, 1.807) is 14.2 Å². The molecule has 8 nitrogen and oxygen atoms in total. The van der Waals surface area contributed by atoms with Gasteiger partial charge in [0.15, 0.2) is 0 Å². The van der Waals surface area contributed by atoms with E-state index in [9.17, 15) is 4.79 Å². The van der Waals surface area contributed by atoms with Crippen LogP contribution in [0.15, 0.2) is 65.7 Å². The molecule has 0 unspecified atom stereocenters. The number of aliphatic imine (C=N–C) groups is 1. The van der Waals surface area contributed by atoms with Crippen molar-refractivity contribution in [2.75, 3.05) is 47.0 Å². The van der Waals surface area contributed by atoms with Crippen LogP contribution in [0, 0.1) is 0 Å². The summed E-state index contributed by atoms with van der Waals surface area (Å²) in [5, 5.41) is 4.58. The van der Waals surface area contributed by atoms with Crippen LogP contribution in [0.25, 0.3) is 0 Å². The third kappa shape index (κ3) is 6.63. The summed E-state index contributed by atoms with van der Waals surface area (Å²) in [5.41, 5.74) is 3.37. The predicted molar refractivity (Wildman–Crippen MR) is 169 cm³/mol. The summed E-state index contributed by atoms with van der Waals surface area (Å²) in [6.45, 7) is 5.48. The van der Waals surface area contributed by atoms with Crippen molar-refractivity contribution in [2.24, 2.45) is 4.99 Å². The second kappa shape index (κ2) is 14.4. The van der Waals surface area contributed by atoms with Gasteiger partial charge in [-0.3, -0.25) is 9.89 Å². The van der Waals surface area contributed by atoms with Gasteiger partial charge >= 0.3 is 6.03 Å². The van der Waals surface area contributed by atoms with Crippen LogP contribution < -0.4 is 14.8 Å². The number of hydrogen-bond acceptors (Lipinski definition) is 6. The average molecular weight is 634 g/mol. The Hall–Kier alpha value is -3.01. The number of nitrogens with zero attached hydrogens (tertiary/aromatic N) is 3. The molecule has 0 radical (unpaired) electrons. The molecule has 1 saturated heterocycles. The Kier molecular flexibility index (Phi) is 11.0. The lowest BCUT2D eigenvalue weighted by Crippen LogP contribution is -2.53. The fraction of sp³-hybridized carbons (Fsp3) is 0.355. The smallest absolute Gasteiger partial charge is 0.326 e. The van der Waals surface area contributed by atoms with Gasteiger partial charge in [-0.25, -0.2) is 4.79 Å². The number of methoxy groups -OCH3 is 2. The normalized spacial score (nSPS) is 18.4. The number of ether oxygens (including phenoxy) is 3. The zero-order valence-electron chi connectivity index (χ0n) is 23.8. The summed E-state index contributed by atoms with van der Waals surface area (Å²) in [7, 11) is 3.22. The Bertz CT molecular complexity index is 1400. The highest BCUT2D eigenvalue weighted by atomic mass is 35.5. The maximum atomic E-state index is 14.5. The number of hydrogen-bond donors (Lipinski definition) is 1. The van der Waals surface area contributed by atoms with Gasteiger partial charge in [0.2, 0.25) is 0 Å². The van der Waals surface area contributed by atoms with E-state index >= 15 is 0 Å². The molecule has 0 saturated carbocycles. The summed E-state index contributed by atoms with van der Waals surface area (Å²) in [4.78, 5) is 23.4. The molecule has 224 valence electrons. The van der Waals surface area contributed by atoms with E-state index in [4.69, 9.17) is 42.4 Å². The molecule has 1 N–H and O–H groups in total. The molecule has 2 amide bonds. The predicted octanol–water partition coefficient (Wildman–Crippen LogP) is 6.54. The molecule has 42 heavy (non-hydrogen) atoms. The van der Waals surface area contributed by atoms with Crippen LogP contribution in [0.2, 0.25) is 10.0 Å². The van der Waals surface area contributed by atoms with Crippen LogP contribution >= 0.6 is 35.6 Å². The second-order valence-corrected chi connectivity index (χ2v) is 10.7. The molecule has 2 atom stereocenters. The maximum absolute atomic E-state index is 14.5. The van der Waals surface area contributed by atoms with E-state index in [1.165, 1.54) is 0 Å². The van der Waals surface area contributed by atoms with Gasteiger partial charge in [0, 0.05) is 54.5 Å². The minimum atomic E-state index is -0.437. The van der Waals surface area contributed by atoms with Gasteiger partial charge in [-0.05, 0) is 48.4 Å². The Balaban J connectivity index is 0.00000405. The van der Waals surface area contributed by atoms with Crippen molar-refractivity contribution in [3.63, 3.8) is 0 Å². The molecule has 11 heteroatoms. The van der Waals surface area contributed by atoms with Crippen molar-refractivity contribution in [3.8, 4) is 11.5 Å². The molecule has 0 spiro atoms. The zero-order chi connectivity index (χ0) is 28.9. The van der Waals surface area contributed by atoms with Crippen LogP contribution in [0.5, 0.6) is 11.5 Å². The lowest BCUT2D eigenvalue weighted by molar-refractivity contribution is 0.132. The highest BCUT2D eigenvalue weighted by Crippen LogP contribution is 2.46. The van der Waals surface area contributed by atoms with Crippen LogP contribution in [0.3, 0.4) is 0 Å². The molecule has 3 aromatic carbocycles. The van der Waals surface area contributed by atoms with Crippen molar-refractivity contribution >= 4 is 47.5 Å². The van der Waals surface area contributed by atoms with Gasteiger partial charge in [0.1, 0.15) is 23.4 Å². The fourth-order valence-corrected chi connectivity index (χ4v) is 5.58. The van der Waals surface area contributed by atoms with Crippen LogP contribution in [0.1, 0.15) is 41.3 Å². The minimum absolute atomic E-state index is 0. The summed E-state index contributed by atoms with van der Waals surface area (Å²) >= 11 is 12.5. The van der Waals surface area contributed by atoms with Crippen LogP contribution in [-0.2, 0) is 11.3 Å². The highest BCUT2D eigenvalue weighted by Gasteiger charge is 2.44. The minimum Gasteiger partial charge on any atom is -0.496 e. The van der Waals surface area contributed by atoms with Crippen molar-refractivity contribution in [1.82, 2.24) is 15.1 Å². The van der Waals surface area contributed by atoms with E-state index in [-0.39, 0.29) is 18.4 Å². The molecule has 3 aromatic rings. The zero-order valence-corrected chi connectivity index (χ0v) is 26.1. The first-order valence-electron chi connectivity index (χ1n) is 13.7. The molecule has 2 aliphatic rings. The standard InChI is InChI=1S/C31H34Cl2N4O4.ClH/c1-4-41-19-22-17-25(27(40-3)18-26(22)39-2)30-35-28(20-5-9-23(32)10-6-20)29(21-7-11-24(33)12-8-21)37(30)31(38)36-15-13-34-14-16-36;/h5-12,17-18,28-29,34H,4,13-16,19H2,1-3H3;1H/t28-,29+;/m1./s1. The number of rotatable bonds is 8. The number of benzene rings is 3. The molecule has 2 heterocycles. The quantitative estimate of drug-likeness (QED) is 0.305. The number of amidine groups is 1. The largest absolute Gasteiger partial charge is 0.496 e. The first kappa shape index (κ1) is 31.9. The maximum Gasteiger partial charge on any atom is 0.326 e. The van der Waals surface area contributed by atoms with Gasteiger partial charge in [-0.2, -0.15) is 0 Å². The second-order valence-electron chi connectivity index (χ2n) is 9.84. The summed E-state index contributed by atoms with van der Waals surface area (Å²) in [5.74, 6) is 1.71. The third-order valence-corrected chi connectivity index (χ3v) is 7.89. The van der Waals surface area contributed by atoms with E-state index in [0.717, 1.165) is 29.8 Å². The molecular weight excluding hydrogens is 599 g/mol. The number of piperazine rings is 1. The van der Waals surface area contributed by atoms with Crippen molar-refractivity contribution < 1.29 is 19.0 Å². The van der Waals surface area contributed by atoms with E-state index in [2.05, 4.69) is 5.32 Å². The number of halogens is 3. The third-order valence-electron chi connectivity index (χ3n) is 7.39. The van der Waals surface area contributed by atoms with Gasteiger partial charge in [-0.1, -0.05) is 47.5 Å². The van der Waals surface area contributed by atoms with Gasteiger partial charge < -0.3 is 24.4 Å². The number of carbonyl (C=O) groups excluding carboxylic acids is 1. The van der Waals surface area contributed by atoms with Crippen molar-refractivity contribution in [1.29, 1.82) is 0 Å². The molecule has 1 fully saturated rings. The molecule has 0 bridgehead atoms. The van der Waals surface area contributed by atoms with E-state index in [0.29, 0.717) is 59.2 Å². The van der Waals surface area contributed by atoms with Crippen molar-refractivity contribution in [3.05, 3.63) is 93.0 Å². The Morgan fingerprint density at radius 2 is 1.52 bits per heavy atom. The van der Waals surface area contributed by atoms with Gasteiger partial charge in [0.05, 0.1) is 32.4 Å². The molecule has 0 aliphatic carbocycles. The number of nitrogens with one attached hydrogen (secondary N) is 1. The first-order chi connectivity index (χ1) is 19.9. The lowest BCUT2D eigenvalue weighted by Gasteiger charge is -2.36. The number of amides is 2. The monoisotopic (exact) mass is 632 g/mol. The van der Waals surface area contributed by atoms with E-state index < -0.39 is 12.1 Å². The summed E-state index contributed by atoms with van der Waals surface area (Å²) in [6, 6.07) is 18.0. The molecule has 0 aromatic heterocycles. The Morgan fingerprint density at radius 3 is 2.10 bits per heavy atom. The van der Waals surface area contributed by atoms with Crippen LogP contribution in [0.4, 0.5) is 4.79 Å². The summed E-state index contributed by atoms with van der Waals surface area (Å²) in [6.07, 6.45) is 0. The number of carbonyl (C=O) groups is 1. The molecule has 2 aliphatic heterocycles. The fourth-order valence-electron chi connectivity index (χ4n) is 5.33.